The van der Waals surface area contributed by atoms with E-state index in [0.717, 1.165) is 0 Å². The quantitative estimate of drug-likeness (QED) is 0.763. The standard InChI is InChI=1S/C14H22ClNO4S/c1-4-20-9-13(10(2)3)16-21(18,19)14-7-11(8-17)5-6-12(14)15/h5-7,10,13,16-17H,4,8-9H2,1-3H3. The van der Waals surface area contributed by atoms with Gasteiger partial charge in [0.05, 0.1) is 18.2 Å². The van der Waals surface area contributed by atoms with E-state index in [1.165, 1.54) is 12.1 Å². The van der Waals surface area contributed by atoms with Gasteiger partial charge in [0.25, 0.3) is 0 Å². The molecule has 0 aromatic heterocycles. The molecule has 120 valence electrons. The van der Waals surface area contributed by atoms with Gasteiger partial charge in [0.1, 0.15) is 4.90 Å². The van der Waals surface area contributed by atoms with Gasteiger partial charge >= 0.3 is 0 Å². The minimum atomic E-state index is -3.77. The molecule has 0 radical (unpaired) electrons. The summed E-state index contributed by atoms with van der Waals surface area (Å²) < 4.78 is 32.9. The fraction of sp³-hybridized carbons (Fsp3) is 0.571. The fourth-order valence-corrected chi connectivity index (χ4v) is 3.64. The SMILES string of the molecule is CCOCC(NS(=O)(=O)c1cc(CO)ccc1Cl)C(C)C. The largest absolute Gasteiger partial charge is 0.392 e. The molecule has 1 rings (SSSR count). The third-order valence-electron chi connectivity index (χ3n) is 3.08. The molecule has 0 fully saturated rings. The van der Waals surface area contributed by atoms with Crippen LogP contribution in [-0.4, -0.2) is 32.8 Å². The number of aliphatic hydroxyl groups excluding tert-OH is 1. The number of rotatable bonds is 8. The van der Waals surface area contributed by atoms with Gasteiger partial charge in [0.2, 0.25) is 10.0 Å². The van der Waals surface area contributed by atoms with E-state index in [2.05, 4.69) is 4.72 Å². The second-order valence-corrected chi connectivity index (χ2v) is 7.14. The summed E-state index contributed by atoms with van der Waals surface area (Å²) in [7, 11) is -3.77. The Labute approximate surface area is 131 Å². The lowest BCUT2D eigenvalue weighted by molar-refractivity contribution is 0.116. The number of aliphatic hydroxyl groups is 1. The monoisotopic (exact) mass is 335 g/mol. The van der Waals surface area contributed by atoms with Crippen molar-refractivity contribution in [2.75, 3.05) is 13.2 Å². The molecule has 0 aliphatic heterocycles. The number of sulfonamides is 1. The highest BCUT2D eigenvalue weighted by Gasteiger charge is 2.24. The Morgan fingerprint density at radius 1 is 1.38 bits per heavy atom. The van der Waals surface area contributed by atoms with Crippen molar-refractivity contribution in [3.05, 3.63) is 28.8 Å². The summed E-state index contributed by atoms with van der Waals surface area (Å²) in [5.74, 6) is 0.0751. The summed E-state index contributed by atoms with van der Waals surface area (Å²) in [4.78, 5) is -0.0298. The van der Waals surface area contributed by atoms with Crippen LogP contribution in [0.2, 0.25) is 5.02 Å². The second-order valence-electron chi connectivity index (χ2n) is 5.05. The van der Waals surface area contributed by atoms with E-state index in [9.17, 15) is 8.42 Å². The van der Waals surface area contributed by atoms with Crippen molar-refractivity contribution >= 4 is 21.6 Å². The average molecular weight is 336 g/mol. The lowest BCUT2D eigenvalue weighted by Gasteiger charge is -2.22. The molecule has 1 atom stereocenters. The van der Waals surface area contributed by atoms with Gasteiger partial charge in [0.15, 0.2) is 0 Å². The van der Waals surface area contributed by atoms with Crippen molar-refractivity contribution < 1.29 is 18.3 Å². The Balaban J connectivity index is 3.04. The van der Waals surface area contributed by atoms with Crippen molar-refractivity contribution in [3.8, 4) is 0 Å². The third-order valence-corrected chi connectivity index (χ3v) is 5.05. The summed E-state index contributed by atoms with van der Waals surface area (Å²) in [5, 5.41) is 9.25. The van der Waals surface area contributed by atoms with E-state index < -0.39 is 10.0 Å². The Morgan fingerprint density at radius 3 is 2.57 bits per heavy atom. The van der Waals surface area contributed by atoms with Gasteiger partial charge in [-0.25, -0.2) is 13.1 Å². The van der Waals surface area contributed by atoms with Crippen LogP contribution in [0.5, 0.6) is 0 Å². The molecule has 1 unspecified atom stereocenters. The van der Waals surface area contributed by atoms with Crippen molar-refractivity contribution in [3.63, 3.8) is 0 Å². The zero-order valence-corrected chi connectivity index (χ0v) is 14.0. The Morgan fingerprint density at radius 2 is 2.05 bits per heavy atom. The minimum absolute atomic E-state index is 0.0298. The highest BCUT2D eigenvalue weighted by atomic mass is 35.5. The van der Waals surface area contributed by atoms with Crippen LogP contribution in [0.25, 0.3) is 0 Å². The maximum Gasteiger partial charge on any atom is 0.242 e. The summed E-state index contributed by atoms with van der Waals surface area (Å²) in [6, 6.07) is 4.09. The number of hydrogen-bond donors (Lipinski definition) is 2. The molecule has 2 N–H and O–H groups in total. The van der Waals surface area contributed by atoms with Crippen LogP contribution in [0.4, 0.5) is 0 Å². The molecule has 0 aliphatic rings. The smallest absolute Gasteiger partial charge is 0.242 e. The molecular formula is C14H22ClNO4S. The van der Waals surface area contributed by atoms with Gasteiger partial charge in [-0.3, -0.25) is 0 Å². The molecule has 0 bridgehead atoms. The molecule has 0 saturated heterocycles. The molecule has 1 aromatic carbocycles. The minimum Gasteiger partial charge on any atom is -0.392 e. The number of hydrogen-bond acceptors (Lipinski definition) is 4. The zero-order valence-electron chi connectivity index (χ0n) is 12.5. The molecule has 0 aliphatic carbocycles. The topological polar surface area (TPSA) is 75.6 Å². The van der Waals surface area contributed by atoms with Crippen LogP contribution in [0.1, 0.15) is 26.3 Å². The van der Waals surface area contributed by atoms with E-state index in [0.29, 0.717) is 18.8 Å². The van der Waals surface area contributed by atoms with Crippen LogP contribution in [0.3, 0.4) is 0 Å². The van der Waals surface area contributed by atoms with E-state index in [4.69, 9.17) is 21.4 Å². The van der Waals surface area contributed by atoms with Crippen LogP contribution >= 0.6 is 11.6 Å². The third kappa shape index (κ3) is 5.23. The van der Waals surface area contributed by atoms with Gasteiger partial charge in [-0.2, -0.15) is 0 Å². The number of benzene rings is 1. The summed E-state index contributed by atoms with van der Waals surface area (Å²) in [5.41, 5.74) is 0.491. The van der Waals surface area contributed by atoms with Gasteiger partial charge in [-0.1, -0.05) is 31.5 Å². The number of halogens is 1. The van der Waals surface area contributed by atoms with Gasteiger partial charge in [-0.05, 0) is 30.5 Å². The summed E-state index contributed by atoms with van der Waals surface area (Å²) in [6.07, 6.45) is 0. The molecule has 21 heavy (non-hydrogen) atoms. The van der Waals surface area contributed by atoms with Gasteiger partial charge in [-0.15, -0.1) is 0 Å². The first-order chi connectivity index (χ1) is 9.81. The first kappa shape index (κ1) is 18.4. The van der Waals surface area contributed by atoms with Crippen molar-refractivity contribution in [1.82, 2.24) is 4.72 Å². The normalized spacial score (nSPS) is 13.6. The highest BCUT2D eigenvalue weighted by molar-refractivity contribution is 7.89. The lowest BCUT2D eigenvalue weighted by Crippen LogP contribution is -2.41. The average Bonchev–Trinajstić information content (AvgIpc) is 2.43. The molecular weight excluding hydrogens is 314 g/mol. The van der Waals surface area contributed by atoms with Crippen LogP contribution in [0, 0.1) is 5.92 Å². The van der Waals surface area contributed by atoms with Crippen LogP contribution in [-0.2, 0) is 21.4 Å². The molecule has 7 heteroatoms. The van der Waals surface area contributed by atoms with Gasteiger partial charge in [0, 0.05) is 12.6 Å². The molecule has 1 aromatic rings. The Hall–Kier alpha value is -0.660. The zero-order chi connectivity index (χ0) is 16.0. The molecule has 5 nitrogen and oxygen atoms in total. The summed E-state index contributed by atoms with van der Waals surface area (Å²) >= 11 is 5.97. The second kappa shape index (κ2) is 8.10. The Bertz CT molecular complexity index is 560. The highest BCUT2D eigenvalue weighted by Crippen LogP contribution is 2.23. The van der Waals surface area contributed by atoms with E-state index >= 15 is 0 Å². The first-order valence-electron chi connectivity index (χ1n) is 6.81. The maximum absolute atomic E-state index is 12.5. The van der Waals surface area contributed by atoms with Crippen molar-refractivity contribution in [1.29, 1.82) is 0 Å². The molecule has 0 spiro atoms. The Kier molecular flexibility index (Phi) is 7.09. The number of ether oxygens (including phenoxy) is 1. The van der Waals surface area contributed by atoms with Crippen LogP contribution in [0.15, 0.2) is 23.1 Å². The maximum atomic E-state index is 12.5. The van der Waals surface area contributed by atoms with E-state index in [-0.39, 0.29) is 28.5 Å². The van der Waals surface area contributed by atoms with Crippen LogP contribution < -0.4 is 4.72 Å². The van der Waals surface area contributed by atoms with Gasteiger partial charge < -0.3 is 9.84 Å². The predicted molar refractivity (Wildman–Crippen MR) is 82.8 cm³/mol. The molecule has 0 amide bonds. The molecule has 0 saturated carbocycles. The number of nitrogens with one attached hydrogen (secondary N) is 1. The summed E-state index contributed by atoms with van der Waals surface area (Å²) in [6.45, 7) is 6.26. The van der Waals surface area contributed by atoms with E-state index in [1.54, 1.807) is 6.07 Å². The first-order valence-corrected chi connectivity index (χ1v) is 8.67. The van der Waals surface area contributed by atoms with Crippen molar-refractivity contribution in [2.45, 2.75) is 38.3 Å². The van der Waals surface area contributed by atoms with E-state index in [1.807, 2.05) is 20.8 Å². The van der Waals surface area contributed by atoms with Crippen molar-refractivity contribution in [2.24, 2.45) is 5.92 Å². The predicted octanol–water partition coefficient (Wildman–Crippen LogP) is 2.17. The fourth-order valence-electron chi connectivity index (χ4n) is 1.72. The molecule has 0 heterocycles. The lowest BCUT2D eigenvalue weighted by atomic mass is 10.1.